The lowest BCUT2D eigenvalue weighted by atomic mass is 10.00. The zero-order chi connectivity index (χ0) is 17.2. The van der Waals surface area contributed by atoms with Gasteiger partial charge in [-0.05, 0) is 35.7 Å². The van der Waals surface area contributed by atoms with Gasteiger partial charge in [-0.2, -0.15) is 0 Å². The van der Waals surface area contributed by atoms with Crippen LogP contribution in [-0.4, -0.2) is 27.6 Å². The second kappa shape index (κ2) is 6.89. The first-order valence-electron chi connectivity index (χ1n) is 7.75. The minimum atomic E-state index is -0.234. The molecule has 0 saturated carbocycles. The fourth-order valence-electron chi connectivity index (χ4n) is 2.84. The standard InChI is InChI=1S/C17H14BrN5OS/c18-14-3-1-2-11-6-7-23(9-13(11)14)15-5-4-12(8-19-15)16(24)21-17-22-20-10-25-17/h1-5,8,10H,6-7,9H2,(H,21,22,24). The van der Waals surface area contributed by atoms with E-state index >= 15 is 0 Å². The molecule has 0 spiro atoms. The number of nitrogens with zero attached hydrogens (tertiary/aromatic N) is 4. The highest BCUT2D eigenvalue weighted by atomic mass is 79.9. The molecule has 126 valence electrons. The van der Waals surface area contributed by atoms with Crippen LogP contribution in [0.4, 0.5) is 10.9 Å². The van der Waals surface area contributed by atoms with Crippen molar-refractivity contribution in [3.05, 3.63) is 63.2 Å². The Kier molecular flexibility index (Phi) is 4.46. The van der Waals surface area contributed by atoms with E-state index in [0.717, 1.165) is 29.8 Å². The second-order valence-electron chi connectivity index (χ2n) is 5.65. The average molecular weight is 416 g/mol. The third-order valence-corrected chi connectivity index (χ3v) is 5.48. The fourth-order valence-corrected chi connectivity index (χ4v) is 3.81. The van der Waals surface area contributed by atoms with Gasteiger partial charge < -0.3 is 4.90 Å². The molecule has 8 heteroatoms. The van der Waals surface area contributed by atoms with E-state index in [2.05, 4.69) is 59.5 Å². The number of carbonyl (C=O) groups is 1. The van der Waals surface area contributed by atoms with Gasteiger partial charge in [0.2, 0.25) is 5.13 Å². The van der Waals surface area contributed by atoms with E-state index in [9.17, 15) is 4.79 Å². The fraction of sp³-hybridized carbons (Fsp3) is 0.176. The molecule has 4 rings (SSSR count). The Labute approximate surface area is 157 Å². The summed E-state index contributed by atoms with van der Waals surface area (Å²) in [5.74, 6) is 0.636. The molecule has 0 bridgehead atoms. The topological polar surface area (TPSA) is 71.0 Å². The van der Waals surface area contributed by atoms with E-state index in [0.29, 0.717) is 10.7 Å². The Hall–Kier alpha value is -2.32. The smallest absolute Gasteiger partial charge is 0.259 e. The molecule has 1 amide bonds. The summed E-state index contributed by atoms with van der Waals surface area (Å²) in [5, 5.41) is 10.7. The number of aromatic nitrogens is 3. The van der Waals surface area contributed by atoms with Gasteiger partial charge in [0, 0.05) is 23.8 Å². The molecule has 1 aromatic carbocycles. The molecule has 2 aromatic heterocycles. The lowest BCUT2D eigenvalue weighted by Crippen LogP contribution is -2.31. The van der Waals surface area contributed by atoms with E-state index in [4.69, 9.17) is 0 Å². The lowest BCUT2D eigenvalue weighted by molar-refractivity contribution is 0.102. The van der Waals surface area contributed by atoms with E-state index in [-0.39, 0.29) is 5.91 Å². The molecule has 0 saturated heterocycles. The minimum absolute atomic E-state index is 0.234. The van der Waals surface area contributed by atoms with Crippen LogP contribution in [0.25, 0.3) is 0 Å². The summed E-state index contributed by atoms with van der Waals surface area (Å²) >= 11 is 4.91. The zero-order valence-corrected chi connectivity index (χ0v) is 15.5. The molecule has 0 fully saturated rings. The number of hydrogen-bond donors (Lipinski definition) is 1. The van der Waals surface area contributed by atoms with Crippen molar-refractivity contribution < 1.29 is 4.79 Å². The zero-order valence-electron chi connectivity index (χ0n) is 13.1. The number of fused-ring (bicyclic) bond motifs is 1. The number of benzene rings is 1. The van der Waals surface area contributed by atoms with E-state index in [1.165, 1.54) is 22.5 Å². The van der Waals surface area contributed by atoms with Crippen molar-refractivity contribution in [1.29, 1.82) is 0 Å². The Bertz CT molecular complexity index is 898. The van der Waals surface area contributed by atoms with Crippen LogP contribution in [0.1, 0.15) is 21.5 Å². The van der Waals surface area contributed by atoms with Gasteiger partial charge in [-0.25, -0.2) is 4.98 Å². The highest BCUT2D eigenvalue weighted by molar-refractivity contribution is 9.10. The Morgan fingerprint density at radius 2 is 2.20 bits per heavy atom. The number of rotatable bonds is 3. The molecule has 0 unspecified atom stereocenters. The van der Waals surface area contributed by atoms with Gasteiger partial charge >= 0.3 is 0 Å². The summed E-state index contributed by atoms with van der Waals surface area (Å²) in [6.45, 7) is 1.72. The Balaban J connectivity index is 1.49. The Morgan fingerprint density at radius 1 is 1.28 bits per heavy atom. The summed E-state index contributed by atoms with van der Waals surface area (Å²) in [7, 11) is 0. The normalized spacial score (nSPS) is 13.4. The van der Waals surface area contributed by atoms with Crippen molar-refractivity contribution in [2.24, 2.45) is 0 Å². The van der Waals surface area contributed by atoms with Crippen molar-refractivity contribution in [2.45, 2.75) is 13.0 Å². The molecule has 1 aliphatic heterocycles. The van der Waals surface area contributed by atoms with Gasteiger partial charge in [-0.1, -0.05) is 39.4 Å². The molecule has 6 nitrogen and oxygen atoms in total. The summed E-state index contributed by atoms with van der Waals surface area (Å²) in [5.41, 5.74) is 4.74. The Morgan fingerprint density at radius 3 is 2.96 bits per heavy atom. The monoisotopic (exact) mass is 415 g/mol. The van der Waals surface area contributed by atoms with Crippen LogP contribution >= 0.6 is 27.3 Å². The van der Waals surface area contributed by atoms with Crippen LogP contribution in [-0.2, 0) is 13.0 Å². The van der Waals surface area contributed by atoms with Crippen LogP contribution in [0.2, 0.25) is 0 Å². The van der Waals surface area contributed by atoms with Crippen molar-refractivity contribution in [1.82, 2.24) is 15.2 Å². The number of anilines is 2. The average Bonchev–Trinajstić information content (AvgIpc) is 3.15. The first-order chi connectivity index (χ1) is 12.2. The SMILES string of the molecule is O=C(Nc1nncs1)c1ccc(N2CCc3cccc(Br)c3C2)nc1. The lowest BCUT2D eigenvalue weighted by Gasteiger charge is -2.30. The van der Waals surface area contributed by atoms with Crippen LogP contribution < -0.4 is 10.2 Å². The van der Waals surface area contributed by atoms with Gasteiger partial charge in [0.15, 0.2) is 0 Å². The summed E-state index contributed by atoms with van der Waals surface area (Å²) in [6.07, 6.45) is 2.58. The molecule has 0 atom stereocenters. The number of pyridine rings is 1. The molecule has 0 radical (unpaired) electrons. The predicted molar refractivity (Wildman–Crippen MR) is 101 cm³/mol. The second-order valence-corrected chi connectivity index (χ2v) is 7.34. The maximum Gasteiger partial charge on any atom is 0.259 e. The highest BCUT2D eigenvalue weighted by Crippen LogP contribution is 2.28. The predicted octanol–water partition coefficient (Wildman–Crippen LogP) is 3.51. The van der Waals surface area contributed by atoms with Crippen LogP contribution in [0, 0.1) is 0 Å². The number of nitrogens with one attached hydrogen (secondary N) is 1. The van der Waals surface area contributed by atoms with E-state index < -0.39 is 0 Å². The van der Waals surface area contributed by atoms with Gasteiger partial charge in [-0.15, -0.1) is 10.2 Å². The van der Waals surface area contributed by atoms with Gasteiger partial charge in [-0.3, -0.25) is 10.1 Å². The largest absolute Gasteiger partial charge is 0.352 e. The number of hydrogen-bond acceptors (Lipinski definition) is 6. The van der Waals surface area contributed by atoms with E-state index in [1.807, 2.05) is 6.07 Å². The van der Waals surface area contributed by atoms with E-state index in [1.54, 1.807) is 17.8 Å². The molecule has 3 aromatic rings. The van der Waals surface area contributed by atoms with Crippen molar-refractivity contribution in [2.75, 3.05) is 16.8 Å². The molecular weight excluding hydrogens is 402 g/mol. The molecule has 1 aliphatic rings. The van der Waals surface area contributed by atoms with Crippen LogP contribution in [0.5, 0.6) is 0 Å². The summed E-state index contributed by atoms with van der Waals surface area (Å²) in [6, 6.07) is 9.98. The van der Waals surface area contributed by atoms with Crippen molar-refractivity contribution in [3.8, 4) is 0 Å². The highest BCUT2D eigenvalue weighted by Gasteiger charge is 2.19. The first-order valence-corrected chi connectivity index (χ1v) is 9.43. The molecular formula is C17H14BrN5OS. The molecule has 1 N–H and O–H groups in total. The molecule has 3 heterocycles. The summed E-state index contributed by atoms with van der Waals surface area (Å²) in [4.78, 5) is 18.9. The first kappa shape index (κ1) is 16.2. The third-order valence-electron chi connectivity index (χ3n) is 4.13. The van der Waals surface area contributed by atoms with Crippen molar-refractivity contribution >= 4 is 44.1 Å². The maximum atomic E-state index is 12.2. The minimum Gasteiger partial charge on any atom is -0.352 e. The number of carbonyl (C=O) groups excluding carboxylic acids is 1. The molecule has 0 aliphatic carbocycles. The number of amides is 1. The van der Waals surface area contributed by atoms with Gasteiger partial charge in [0.05, 0.1) is 5.56 Å². The van der Waals surface area contributed by atoms with Gasteiger partial charge in [0.1, 0.15) is 11.3 Å². The molecule has 25 heavy (non-hydrogen) atoms. The van der Waals surface area contributed by atoms with Crippen molar-refractivity contribution in [3.63, 3.8) is 0 Å². The third kappa shape index (κ3) is 3.40. The van der Waals surface area contributed by atoms with Crippen LogP contribution in [0.3, 0.4) is 0 Å². The number of halogens is 1. The van der Waals surface area contributed by atoms with Gasteiger partial charge in [0.25, 0.3) is 5.91 Å². The van der Waals surface area contributed by atoms with Crippen LogP contribution in [0.15, 0.2) is 46.5 Å². The quantitative estimate of drug-likeness (QED) is 0.708. The maximum absolute atomic E-state index is 12.2. The summed E-state index contributed by atoms with van der Waals surface area (Å²) < 4.78 is 1.13.